The summed E-state index contributed by atoms with van der Waals surface area (Å²) in [5, 5.41) is 1.66. The van der Waals surface area contributed by atoms with Crippen molar-refractivity contribution >= 4 is 16.5 Å². The highest BCUT2D eigenvalue weighted by Gasteiger charge is 2.03. The van der Waals surface area contributed by atoms with Gasteiger partial charge in [-0.2, -0.15) is 0 Å². The molecule has 3 heteroatoms. The topological polar surface area (TPSA) is 48.0 Å². The van der Waals surface area contributed by atoms with Crippen LogP contribution in [0.4, 0.5) is 5.69 Å². The number of fused-ring (bicyclic) bond motifs is 1. The fourth-order valence-electron chi connectivity index (χ4n) is 1.67. The first-order chi connectivity index (χ1) is 6.59. The normalized spacial score (nSPS) is 10.7. The molecule has 1 heterocycles. The molecule has 0 bridgehead atoms. The number of rotatable bonds is 0. The second kappa shape index (κ2) is 2.87. The van der Waals surface area contributed by atoms with Gasteiger partial charge in [0.15, 0.2) is 0 Å². The number of benzene rings is 1. The molecule has 0 fully saturated rings. The Hall–Kier alpha value is -1.77. The summed E-state index contributed by atoms with van der Waals surface area (Å²) >= 11 is 0. The summed E-state index contributed by atoms with van der Waals surface area (Å²) in [6.07, 6.45) is 1.77. The number of nitrogens with zero attached hydrogens (tertiary/aromatic N) is 1. The van der Waals surface area contributed by atoms with Crippen LogP contribution in [0.15, 0.2) is 29.2 Å². The third-order valence-electron chi connectivity index (χ3n) is 2.42. The van der Waals surface area contributed by atoms with Gasteiger partial charge in [0.25, 0.3) is 5.56 Å². The smallest absolute Gasteiger partial charge is 0.258 e. The predicted molar refractivity (Wildman–Crippen MR) is 58.3 cm³/mol. The highest BCUT2D eigenvalue weighted by molar-refractivity contribution is 5.87. The van der Waals surface area contributed by atoms with Crippen molar-refractivity contribution in [1.29, 1.82) is 0 Å². The van der Waals surface area contributed by atoms with Gasteiger partial charge in [0, 0.05) is 24.3 Å². The van der Waals surface area contributed by atoms with Crippen LogP contribution in [0.3, 0.4) is 0 Å². The molecule has 3 nitrogen and oxygen atoms in total. The molecular formula is C11H12N2O. The van der Waals surface area contributed by atoms with Crippen molar-refractivity contribution in [3.8, 4) is 0 Å². The van der Waals surface area contributed by atoms with Gasteiger partial charge >= 0.3 is 0 Å². The number of aromatic nitrogens is 1. The lowest BCUT2D eigenvalue weighted by Crippen LogP contribution is -2.15. The first-order valence-corrected chi connectivity index (χ1v) is 4.45. The molecule has 14 heavy (non-hydrogen) atoms. The fourth-order valence-corrected chi connectivity index (χ4v) is 1.67. The predicted octanol–water partition coefficient (Wildman–Crippen LogP) is 1.43. The lowest BCUT2D eigenvalue weighted by molar-refractivity contribution is 0.873. The summed E-state index contributed by atoms with van der Waals surface area (Å²) in [5.41, 5.74) is 7.37. The Morgan fingerprint density at radius 2 is 2.00 bits per heavy atom. The Balaban J connectivity index is 3.03. The molecule has 0 amide bonds. The van der Waals surface area contributed by atoms with E-state index in [1.165, 1.54) is 0 Å². The Labute approximate surface area is 81.8 Å². The molecule has 0 unspecified atom stereocenters. The summed E-state index contributed by atoms with van der Waals surface area (Å²) < 4.78 is 1.56. The van der Waals surface area contributed by atoms with Crippen LogP contribution in [-0.2, 0) is 7.05 Å². The van der Waals surface area contributed by atoms with E-state index in [9.17, 15) is 4.79 Å². The molecule has 2 N–H and O–H groups in total. The van der Waals surface area contributed by atoms with Gasteiger partial charge < -0.3 is 10.3 Å². The van der Waals surface area contributed by atoms with E-state index in [1.807, 2.05) is 19.1 Å². The van der Waals surface area contributed by atoms with Gasteiger partial charge in [-0.05, 0) is 36.1 Å². The quantitative estimate of drug-likeness (QED) is 0.636. The van der Waals surface area contributed by atoms with Gasteiger partial charge in [-0.3, -0.25) is 4.79 Å². The van der Waals surface area contributed by atoms with Crippen LogP contribution in [-0.4, -0.2) is 4.57 Å². The van der Waals surface area contributed by atoms with Gasteiger partial charge in [-0.25, -0.2) is 0 Å². The SMILES string of the molecule is Cc1cc(N)cc2c(=O)n(C)ccc12. The van der Waals surface area contributed by atoms with E-state index >= 15 is 0 Å². The highest BCUT2D eigenvalue weighted by atomic mass is 16.1. The Morgan fingerprint density at radius 1 is 1.29 bits per heavy atom. The lowest BCUT2D eigenvalue weighted by atomic mass is 10.1. The number of nitrogen functional groups attached to an aromatic ring is 1. The van der Waals surface area contributed by atoms with E-state index in [2.05, 4.69) is 0 Å². The molecule has 1 aromatic carbocycles. The number of pyridine rings is 1. The van der Waals surface area contributed by atoms with E-state index in [0.29, 0.717) is 11.1 Å². The van der Waals surface area contributed by atoms with Crippen molar-refractivity contribution in [3.63, 3.8) is 0 Å². The molecule has 0 aliphatic heterocycles. The summed E-state index contributed by atoms with van der Waals surface area (Å²) in [5.74, 6) is 0. The zero-order valence-electron chi connectivity index (χ0n) is 8.24. The summed E-state index contributed by atoms with van der Waals surface area (Å²) in [6.45, 7) is 1.96. The van der Waals surface area contributed by atoms with Crippen LogP contribution in [0.5, 0.6) is 0 Å². The Bertz CT molecular complexity index is 555. The minimum atomic E-state index is -0.00194. The molecule has 0 saturated carbocycles. The molecule has 2 rings (SSSR count). The molecule has 72 valence electrons. The van der Waals surface area contributed by atoms with Gasteiger partial charge in [-0.15, -0.1) is 0 Å². The van der Waals surface area contributed by atoms with Gasteiger partial charge in [0.1, 0.15) is 0 Å². The minimum absolute atomic E-state index is 0.00194. The zero-order valence-corrected chi connectivity index (χ0v) is 8.24. The summed E-state index contributed by atoms with van der Waals surface area (Å²) in [7, 11) is 1.74. The molecule has 0 radical (unpaired) electrons. The standard InChI is InChI=1S/C11H12N2O/c1-7-5-8(12)6-10-9(7)3-4-13(2)11(10)14/h3-6H,12H2,1-2H3. The first-order valence-electron chi connectivity index (χ1n) is 4.45. The van der Waals surface area contributed by atoms with Gasteiger partial charge in [-0.1, -0.05) is 0 Å². The average molecular weight is 188 g/mol. The van der Waals surface area contributed by atoms with Crippen molar-refractivity contribution in [3.05, 3.63) is 40.3 Å². The van der Waals surface area contributed by atoms with Crippen molar-refractivity contribution in [2.75, 3.05) is 5.73 Å². The van der Waals surface area contributed by atoms with Crippen LogP contribution >= 0.6 is 0 Å². The molecule has 0 atom stereocenters. The highest BCUT2D eigenvalue weighted by Crippen LogP contribution is 2.18. The van der Waals surface area contributed by atoms with Crippen LogP contribution in [0, 0.1) is 6.92 Å². The third kappa shape index (κ3) is 1.18. The number of anilines is 1. The molecule has 0 saturated heterocycles. The second-order valence-electron chi connectivity index (χ2n) is 3.53. The molecule has 0 aliphatic rings. The van der Waals surface area contributed by atoms with Crippen molar-refractivity contribution in [2.24, 2.45) is 7.05 Å². The number of aryl methyl sites for hydroxylation is 2. The molecule has 0 aliphatic carbocycles. The van der Waals surface area contributed by atoms with Crippen molar-refractivity contribution in [2.45, 2.75) is 6.92 Å². The molecule has 0 spiro atoms. The van der Waals surface area contributed by atoms with E-state index < -0.39 is 0 Å². The van der Waals surface area contributed by atoms with E-state index in [-0.39, 0.29) is 5.56 Å². The maximum atomic E-state index is 11.7. The van der Waals surface area contributed by atoms with Crippen LogP contribution < -0.4 is 11.3 Å². The van der Waals surface area contributed by atoms with Crippen LogP contribution in [0.2, 0.25) is 0 Å². The van der Waals surface area contributed by atoms with Crippen LogP contribution in [0.1, 0.15) is 5.56 Å². The van der Waals surface area contributed by atoms with Gasteiger partial charge in [0.05, 0.1) is 0 Å². The monoisotopic (exact) mass is 188 g/mol. The summed E-state index contributed by atoms with van der Waals surface area (Å²) in [6, 6.07) is 5.54. The molecular weight excluding hydrogens is 176 g/mol. The van der Waals surface area contributed by atoms with Crippen LogP contribution in [0.25, 0.3) is 10.8 Å². The zero-order chi connectivity index (χ0) is 10.3. The minimum Gasteiger partial charge on any atom is -0.399 e. The molecule has 1 aromatic heterocycles. The number of nitrogens with two attached hydrogens (primary N) is 1. The van der Waals surface area contributed by atoms with Crippen molar-refractivity contribution < 1.29 is 0 Å². The fraction of sp³-hybridized carbons (Fsp3) is 0.182. The first kappa shape index (κ1) is 8.81. The van der Waals surface area contributed by atoms with E-state index in [1.54, 1.807) is 23.9 Å². The largest absolute Gasteiger partial charge is 0.399 e. The van der Waals surface area contributed by atoms with Crippen molar-refractivity contribution in [1.82, 2.24) is 4.57 Å². The Morgan fingerprint density at radius 3 is 2.71 bits per heavy atom. The van der Waals surface area contributed by atoms with Gasteiger partial charge in [0.2, 0.25) is 0 Å². The number of hydrogen-bond donors (Lipinski definition) is 1. The Kier molecular flexibility index (Phi) is 1.81. The molecule has 2 aromatic rings. The average Bonchev–Trinajstić information content (AvgIpc) is 2.12. The van der Waals surface area contributed by atoms with E-state index in [4.69, 9.17) is 5.73 Å². The summed E-state index contributed by atoms with van der Waals surface area (Å²) in [4.78, 5) is 11.7. The maximum Gasteiger partial charge on any atom is 0.258 e. The lowest BCUT2D eigenvalue weighted by Gasteiger charge is -2.05. The maximum absolute atomic E-state index is 11.7. The second-order valence-corrected chi connectivity index (χ2v) is 3.53. The van der Waals surface area contributed by atoms with E-state index in [0.717, 1.165) is 10.9 Å². The number of hydrogen-bond acceptors (Lipinski definition) is 2. The third-order valence-corrected chi connectivity index (χ3v) is 2.42.